The van der Waals surface area contributed by atoms with Crippen LogP contribution in [0.5, 0.6) is 0 Å². The topological polar surface area (TPSA) is 128 Å². The van der Waals surface area contributed by atoms with Gasteiger partial charge < -0.3 is 25.2 Å². The van der Waals surface area contributed by atoms with E-state index in [9.17, 15) is 19.1 Å². The average Bonchev–Trinajstić information content (AvgIpc) is 3.60. The predicted molar refractivity (Wildman–Crippen MR) is 203 cm³/mol. The van der Waals surface area contributed by atoms with E-state index in [0.717, 1.165) is 32.1 Å². The first kappa shape index (κ1) is 40.3. The summed E-state index contributed by atoms with van der Waals surface area (Å²) in [5, 5.41) is 21.9. The Morgan fingerprint density at radius 2 is 1.83 bits per heavy atom. The monoisotopic (exact) mass is 742 g/mol. The fourth-order valence-electron chi connectivity index (χ4n) is 12.7. The standard InChI is InChI=1S/C42H68FN5O5/c1-25(2)27(5)37(6)16-17-39(8)28-12-13-31-38(7)21-52-23-42(31,29(28)14-15-40(39,9)32(37)36(50)51)20-30(33(38)53-22-41(10,44-11)26(3)4)48-24-46-34(47-48)35(49)45-19-18-43/h14,24-28,30-33,44H,12-13,15-23H2,1-11H3,(H,45,49)(H,50,51)/t27-,28+,30-,31+,32-,33+,37-,38+,39-,40+,41+,42?/m1/s1. The van der Waals surface area contributed by atoms with Crippen LogP contribution in [-0.2, 0) is 14.3 Å². The molecule has 11 heteroatoms. The second-order valence-corrected chi connectivity index (χ2v) is 19.7. The van der Waals surface area contributed by atoms with Crippen LogP contribution in [0.1, 0.15) is 124 Å². The highest BCUT2D eigenvalue weighted by Gasteiger charge is 2.72. The lowest BCUT2D eigenvalue weighted by molar-refractivity contribution is -0.253. The molecule has 53 heavy (non-hydrogen) atoms. The van der Waals surface area contributed by atoms with Gasteiger partial charge in [0.25, 0.3) is 5.91 Å². The summed E-state index contributed by atoms with van der Waals surface area (Å²) in [6.45, 7) is 23.5. The minimum absolute atomic E-state index is 0.0212. The number of alkyl halides is 1. The van der Waals surface area contributed by atoms with E-state index in [1.165, 1.54) is 5.57 Å². The molecule has 1 aliphatic heterocycles. The van der Waals surface area contributed by atoms with E-state index in [4.69, 9.17) is 14.6 Å². The quantitative estimate of drug-likeness (QED) is 0.193. The molecule has 6 rings (SSSR count). The van der Waals surface area contributed by atoms with Gasteiger partial charge >= 0.3 is 5.97 Å². The zero-order chi connectivity index (χ0) is 38.9. The number of aliphatic carboxylic acids is 1. The fraction of sp³-hybridized carbons (Fsp3) is 0.857. The summed E-state index contributed by atoms with van der Waals surface area (Å²) < 4.78 is 28.6. The van der Waals surface area contributed by atoms with Gasteiger partial charge in [-0.1, -0.05) is 74.0 Å². The maximum atomic E-state index is 13.5. The summed E-state index contributed by atoms with van der Waals surface area (Å²) in [6.07, 6.45) is 9.18. The molecular weight excluding hydrogens is 673 g/mol. The van der Waals surface area contributed by atoms with Crippen LogP contribution in [-0.4, -0.2) is 83.5 Å². The van der Waals surface area contributed by atoms with E-state index in [1.807, 2.05) is 11.7 Å². The molecule has 298 valence electrons. The Bertz CT molecular complexity index is 1580. The number of amides is 1. The van der Waals surface area contributed by atoms with Gasteiger partial charge in [0, 0.05) is 22.9 Å². The largest absolute Gasteiger partial charge is 0.481 e. The molecule has 1 aromatic heterocycles. The van der Waals surface area contributed by atoms with Crippen LogP contribution < -0.4 is 10.6 Å². The average molecular weight is 742 g/mol. The van der Waals surface area contributed by atoms with Gasteiger partial charge in [-0.2, -0.15) is 0 Å². The number of halogens is 1. The molecule has 1 aromatic rings. The van der Waals surface area contributed by atoms with Crippen LogP contribution in [0.4, 0.5) is 4.39 Å². The van der Waals surface area contributed by atoms with Crippen molar-refractivity contribution in [3.05, 3.63) is 23.8 Å². The summed E-state index contributed by atoms with van der Waals surface area (Å²) in [5.41, 5.74) is -0.415. The number of fused-ring (bicyclic) bond motifs is 3. The number of hydrogen-bond donors (Lipinski definition) is 3. The number of nitrogens with one attached hydrogen (secondary N) is 2. The summed E-state index contributed by atoms with van der Waals surface area (Å²) in [5.74, 6) is -0.0760. The van der Waals surface area contributed by atoms with Gasteiger partial charge in [-0.15, -0.1) is 5.10 Å². The first-order chi connectivity index (χ1) is 24.8. The van der Waals surface area contributed by atoms with Crippen LogP contribution in [0.25, 0.3) is 0 Å². The number of aromatic nitrogens is 3. The molecular formula is C42H68FN5O5. The van der Waals surface area contributed by atoms with Crippen molar-refractivity contribution >= 4 is 11.9 Å². The van der Waals surface area contributed by atoms with Crippen LogP contribution >= 0.6 is 0 Å². The van der Waals surface area contributed by atoms with Crippen LogP contribution in [0.15, 0.2) is 18.0 Å². The fourth-order valence-corrected chi connectivity index (χ4v) is 12.7. The Morgan fingerprint density at radius 1 is 1.11 bits per heavy atom. The van der Waals surface area contributed by atoms with Gasteiger partial charge in [-0.3, -0.25) is 9.59 Å². The zero-order valence-electron chi connectivity index (χ0n) is 34.4. The number of rotatable bonds is 12. The number of likely N-dealkylation sites (N-methyl/N-ethyl adjacent to an activating group) is 1. The van der Waals surface area contributed by atoms with Crippen LogP contribution in [0, 0.1) is 62.6 Å². The Labute approximate surface area is 317 Å². The van der Waals surface area contributed by atoms with Crippen molar-refractivity contribution in [2.75, 3.05) is 40.1 Å². The molecule has 3 N–H and O–H groups in total. The molecule has 2 bridgehead atoms. The molecule has 12 atom stereocenters. The number of carbonyl (C=O) groups is 2. The summed E-state index contributed by atoms with van der Waals surface area (Å²) in [6, 6.07) is -0.238. The third kappa shape index (κ3) is 5.94. The molecule has 3 saturated carbocycles. The molecule has 1 amide bonds. The van der Waals surface area contributed by atoms with Gasteiger partial charge in [0.2, 0.25) is 5.82 Å². The van der Waals surface area contributed by atoms with Crippen molar-refractivity contribution in [3.63, 3.8) is 0 Å². The lowest BCUT2D eigenvalue weighted by Gasteiger charge is -2.71. The number of hydrogen-bond acceptors (Lipinski definition) is 7. The normalized spacial score (nSPS) is 41.1. The Morgan fingerprint density at radius 3 is 2.45 bits per heavy atom. The Hall–Kier alpha value is -2.37. The highest BCUT2D eigenvalue weighted by molar-refractivity contribution is 5.90. The molecule has 2 heterocycles. The van der Waals surface area contributed by atoms with Crippen molar-refractivity contribution in [1.29, 1.82) is 0 Å². The third-order valence-electron chi connectivity index (χ3n) is 16.9. The van der Waals surface area contributed by atoms with Gasteiger partial charge in [-0.25, -0.2) is 14.1 Å². The molecule has 0 radical (unpaired) electrons. The van der Waals surface area contributed by atoms with Crippen LogP contribution in [0.2, 0.25) is 0 Å². The summed E-state index contributed by atoms with van der Waals surface area (Å²) in [4.78, 5) is 30.8. The summed E-state index contributed by atoms with van der Waals surface area (Å²) in [7, 11) is 1.98. The lowest BCUT2D eigenvalue weighted by Crippen LogP contribution is -2.69. The highest BCUT2D eigenvalue weighted by atomic mass is 19.1. The van der Waals surface area contributed by atoms with Gasteiger partial charge in [0.05, 0.1) is 37.9 Å². The molecule has 1 saturated heterocycles. The van der Waals surface area contributed by atoms with E-state index >= 15 is 0 Å². The van der Waals surface area contributed by atoms with Crippen LogP contribution in [0.3, 0.4) is 0 Å². The molecule has 1 unspecified atom stereocenters. The highest BCUT2D eigenvalue weighted by Crippen LogP contribution is 2.75. The molecule has 4 aliphatic carbocycles. The van der Waals surface area contributed by atoms with Gasteiger partial charge in [0.1, 0.15) is 13.0 Å². The van der Waals surface area contributed by atoms with Crippen molar-refractivity contribution in [3.8, 4) is 0 Å². The minimum atomic E-state index is -0.662. The SMILES string of the molecule is CN[C@@](C)(CO[C@H]1[C@H](n2cnc(C(=O)NCCF)n2)CC23COC[C@@]1(C)[C@@H]2CC[C@H]1C3=CC[C@@]2(C)[C@H](C(=O)O)[C@@](C)([C@H](C)C(C)C)CC[C@]12C)C(C)C. The number of ether oxygens (including phenoxy) is 2. The second-order valence-electron chi connectivity index (χ2n) is 19.7. The smallest absolute Gasteiger partial charge is 0.307 e. The van der Waals surface area contributed by atoms with E-state index in [0.29, 0.717) is 44.0 Å². The number of carboxylic acids is 1. The minimum Gasteiger partial charge on any atom is -0.481 e. The maximum Gasteiger partial charge on any atom is 0.307 e. The third-order valence-corrected chi connectivity index (χ3v) is 16.9. The summed E-state index contributed by atoms with van der Waals surface area (Å²) >= 11 is 0. The lowest BCUT2D eigenvalue weighted by atomic mass is 9.34. The molecule has 10 nitrogen and oxygen atoms in total. The second kappa shape index (κ2) is 14.0. The first-order valence-corrected chi connectivity index (χ1v) is 20.4. The molecule has 0 aromatic carbocycles. The molecule has 0 spiro atoms. The number of carbonyl (C=O) groups excluding carboxylic acids is 1. The number of carboxylic acid groups (broad SMARTS) is 1. The predicted octanol–water partition coefficient (Wildman–Crippen LogP) is 7.13. The van der Waals surface area contributed by atoms with Crippen molar-refractivity contribution in [1.82, 2.24) is 25.4 Å². The van der Waals surface area contributed by atoms with Gasteiger partial charge in [-0.05, 0) is 98.3 Å². The van der Waals surface area contributed by atoms with E-state index in [-0.39, 0.29) is 63.5 Å². The molecule has 4 fully saturated rings. The zero-order valence-corrected chi connectivity index (χ0v) is 34.4. The molecule has 5 aliphatic rings. The Kier molecular flexibility index (Phi) is 10.6. The van der Waals surface area contributed by atoms with Crippen molar-refractivity contribution in [2.45, 2.75) is 125 Å². The van der Waals surface area contributed by atoms with Crippen molar-refractivity contribution in [2.24, 2.45) is 62.6 Å². The maximum absolute atomic E-state index is 13.5. The van der Waals surface area contributed by atoms with Crippen molar-refractivity contribution < 1.29 is 28.6 Å². The first-order valence-electron chi connectivity index (χ1n) is 20.4. The van der Waals surface area contributed by atoms with E-state index in [1.54, 1.807) is 6.33 Å². The van der Waals surface area contributed by atoms with E-state index in [2.05, 4.69) is 90.9 Å². The Balaban J connectivity index is 1.45. The number of nitrogens with zero attached hydrogens (tertiary/aromatic N) is 3. The van der Waals surface area contributed by atoms with E-state index < -0.39 is 29.9 Å². The van der Waals surface area contributed by atoms with Gasteiger partial charge in [0.15, 0.2) is 0 Å². The number of allylic oxidation sites excluding steroid dienone is 1.